The summed E-state index contributed by atoms with van der Waals surface area (Å²) >= 11 is 0. The maximum atomic E-state index is 10.2. The molecule has 0 aromatic carbocycles. The minimum Gasteiger partial charge on any atom is -0.389 e. The van der Waals surface area contributed by atoms with Crippen LogP contribution in [0.15, 0.2) is 0 Å². The number of hydrogen-bond donors (Lipinski definition) is 1. The van der Waals surface area contributed by atoms with Crippen molar-refractivity contribution >= 4 is 0 Å². The van der Waals surface area contributed by atoms with Crippen LogP contribution in [0.2, 0.25) is 0 Å². The van der Waals surface area contributed by atoms with Crippen LogP contribution in [0.5, 0.6) is 0 Å². The highest BCUT2D eigenvalue weighted by Gasteiger charge is 2.28. The molecular weight excluding hydrogens is 198 g/mol. The molecule has 2 nitrogen and oxygen atoms in total. The van der Waals surface area contributed by atoms with Crippen LogP contribution < -0.4 is 0 Å². The average Bonchev–Trinajstić information content (AvgIpc) is 2.68. The molecule has 0 aromatic rings. The van der Waals surface area contributed by atoms with E-state index in [9.17, 15) is 5.11 Å². The highest BCUT2D eigenvalue weighted by molar-refractivity contribution is 4.84. The molecule has 1 aliphatic carbocycles. The summed E-state index contributed by atoms with van der Waals surface area (Å²) in [5.74, 6) is 0.688. The van der Waals surface area contributed by atoms with E-state index in [1.54, 1.807) is 0 Å². The normalized spacial score (nSPS) is 21.9. The Bertz CT molecular complexity index is 195. The van der Waals surface area contributed by atoms with Gasteiger partial charge in [-0.25, -0.2) is 0 Å². The van der Waals surface area contributed by atoms with Crippen LogP contribution in [0.25, 0.3) is 0 Å². The summed E-state index contributed by atoms with van der Waals surface area (Å²) in [6.45, 7) is 10.5. The summed E-state index contributed by atoms with van der Waals surface area (Å²) in [5.41, 5.74) is -0.516. The molecule has 0 amide bonds. The smallest absolute Gasteiger partial charge is 0.0743 e. The molecule has 0 bridgehead atoms. The average molecular weight is 227 g/mol. The fourth-order valence-electron chi connectivity index (χ4n) is 2.63. The molecule has 16 heavy (non-hydrogen) atoms. The first-order valence-corrected chi connectivity index (χ1v) is 6.91. The van der Waals surface area contributed by atoms with Gasteiger partial charge in [-0.2, -0.15) is 0 Å². The van der Waals surface area contributed by atoms with E-state index in [0.717, 1.165) is 25.6 Å². The Hall–Kier alpha value is -0.0800. The highest BCUT2D eigenvalue weighted by atomic mass is 16.3. The summed E-state index contributed by atoms with van der Waals surface area (Å²) in [6.07, 6.45) is 6.23. The Labute approximate surface area is 101 Å². The Kier molecular flexibility index (Phi) is 5.26. The van der Waals surface area contributed by atoms with Gasteiger partial charge in [0, 0.05) is 19.1 Å². The Morgan fingerprint density at radius 2 is 1.88 bits per heavy atom. The van der Waals surface area contributed by atoms with Crippen molar-refractivity contribution in [3.63, 3.8) is 0 Å². The molecule has 0 radical (unpaired) electrons. The molecular formula is C14H29NO. The quantitative estimate of drug-likeness (QED) is 0.754. The second-order valence-electron chi connectivity index (χ2n) is 6.11. The van der Waals surface area contributed by atoms with Crippen molar-refractivity contribution in [1.82, 2.24) is 4.90 Å². The Morgan fingerprint density at radius 1 is 1.31 bits per heavy atom. The van der Waals surface area contributed by atoms with Crippen LogP contribution in [-0.2, 0) is 0 Å². The van der Waals surface area contributed by atoms with E-state index in [0.29, 0.717) is 5.92 Å². The summed E-state index contributed by atoms with van der Waals surface area (Å²) in [4.78, 5) is 2.53. The van der Waals surface area contributed by atoms with Gasteiger partial charge in [0.15, 0.2) is 0 Å². The Balaban J connectivity index is 2.55. The molecule has 1 atom stereocenters. The van der Waals surface area contributed by atoms with E-state index in [4.69, 9.17) is 0 Å². The van der Waals surface area contributed by atoms with Crippen molar-refractivity contribution in [2.24, 2.45) is 5.92 Å². The second kappa shape index (κ2) is 6.02. The molecule has 1 aliphatic rings. The zero-order chi connectivity index (χ0) is 12.2. The van der Waals surface area contributed by atoms with E-state index in [-0.39, 0.29) is 0 Å². The van der Waals surface area contributed by atoms with Crippen molar-refractivity contribution in [3.8, 4) is 0 Å². The summed E-state index contributed by atoms with van der Waals surface area (Å²) in [6, 6.07) is 0.723. The number of nitrogens with zero attached hydrogens (tertiary/aromatic N) is 1. The monoisotopic (exact) mass is 227 g/mol. The van der Waals surface area contributed by atoms with Crippen molar-refractivity contribution in [1.29, 1.82) is 0 Å². The fraction of sp³-hybridized carbons (Fsp3) is 1.00. The molecule has 0 aromatic heterocycles. The van der Waals surface area contributed by atoms with Crippen LogP contribution in [0, 0.1) is 5.92 Å². The van der Waals surface area contributed by atoms with Gasteiger partial charge in [-0.1, -0.05) is 33.6 Å². The lowest BCUT2D eigenvalue weighted by Gasteiger charge is -2.36. The molecule has 0 saturated heterocycles. The topological polar surface area (TPSA) is 23.5 Å². The summed E-state index contributed by atoms with van der Waals surface area (Å²) in [7, 11) is 0. The maximum absolute atomic E-state index is 10.2. The standard InChI is InChI=1S/C14H29NO/c1-5-14(4,16)11-15(10-12(2)3)13-8-6-7-9-13/h12-13,16H,5-11H2,1-4H3. The van der Waals surface area contributed by atoms with E-state index < -0.39 is 5.60 Å². The van der Waals surface area contributed by atoms with E-state index in [1.165, 1.54) is 25.7 Å². The zero-order valence-electron chi connectivity index (χ0n) is 11.5. The lowest BCUT2D eigenvalue weighted by atomic mass is 10.0. The maximum Gasteiger partial charge on any atom is 0.0743 e. The van der Waals surface area contributed by atoms with E-state index in [1.807, 2.05) is 6.92 Å². The molecule has 1 unspecified atom stereocenters. The van der Waals surface area contributed by atoms with Crippen LogP contribution in [0.1, 0.15) is 59.8 Å². The van der Waals surface area contributed by atoms with Gasteiger partial charge < -0.3 is 5.11 Å². The minimum absolute atomic E-state index is 0.516. The molecule has 0 aliphatic heterocycles. The number of rotatable bonds is 6. The molecule has 1 rings (SSSR count). The molecule has 96 valence electrons. The van der Waals surface area contributed by atoms with Gasteiger partial charge in [-0.15, -0.1) is 0 Å². The second-order valence-corrected chi connectivity index (χ2v) is 6.11. The van der Waals surface area contributed by atoms with Crippen molar-refractivity contribution in [2.45, 2.75) is 71.4 Å². The third-order valence-corrected chi connectivity index (χ3v) is 3.75. The first-order valence-electron chi connectivity index (χ1n) is 6.91. The zero-order valence-corrected chi connectivity index (χ0v) is 11.5. The molecule has 1 N–H and O–H groups in total. The molecule has 1 saturated carbocycles. The SMILES string of the molecule is CCC(C)(O)CN(CC(C)C)C1CCCC1. The summed E-state index contributed by atoms with van der Waals surface area (Å²) in [5, 5.41) is 10.2. The first kappa shape index (κ1) is 14.0. The molecule has 0 heterocycles. The van der Waals surface area contributed by atoms with Gasteiger partial charge in [0.2, 0.25) is 0 Å². The first-order chi connectivity index (χ1) is 7.44. The van der Waals surface area contributed by atoms with E-state index >= 15 is 0 Å². The van der Waals surface area contributed by atoms with Gasteiger partial charge in [0.25, 0.3) is 0 Å². The van der Waals surface area contributed by atoms with Gasteiger partial charge >= 0.3 is 0 Å². The van der Waals surface area contributed by atoms with Crippen LogP contribution in [-0.4, -0.2) is 34.7 Å². The molecule has 0 spiro atoms. The van der Waals surface area contributed by atoms with Crippen LogP contribution >= 0.6 is 0 Å². The van der Waals surface area contributed by atoms with Gasteiger partial charge in [0.05, 0.1) is 5.60 Å². The predicted octanol–water partition coefficient (Wildman–Crippen LogP) is 3.05. The lowest BCUT2D eigenvalue weighted by molar-refractivity contribution is -0.000231. The van der Waals surface area contributed by atoms with Crippen molar-refractivity contribution in [3.05, 3.63) is 0 Å². The fourth-order valence-corrected chi connectivity index (χ4v) is 2.63. The van der Waals surface area contributed by atoms with Crippen molar-refractivity contribution in [2.75, 3.05) is 13.1 Å². The minimum atomic E-state index is -0.516. The highest BCUT2D eigenvalue weighted by Crippen LogP contribution is 2.26. The molecule has 1 fully saturated rings. The third kappa shape index (κ3) is 4.42. The van der Waals surface area contributed by atoms with Crippen LogP contribution in [0.3, 0.4) is 0 Å². The van der Waals surface area contributed by atoms with Gasteiger partial charge in [0.1, 0.15) is 0 Å². The number of hydrogen-bond acceptors (Lipinski definition) is 2. The largest absolute Gasteiger partial charge is 0.389 e. The van der Waals surface area contributed by atoms with Gasteiger partial charge in [-0.3, -0.25) is 4.90 Å². The lowest BCUT2D eigenvalue weighted by Crippen LogP contribution is -2.46. The number of aliphatic hydroxyl groups is 1. The van der Waals surface area contributed by atoms with Gasteiger partial charge in [-0.05, 0) is 32.1 Å². The third-order valence-electron chi connectivity index (χ3n) is 3.75. The molecule has 2 heteroatoms. The van der Waals surface area contributed by atoms with Crippen LogP contribution in [0.4, 0.5) is 0 Å². The van der Waals surface area contributed by atoms with Crippen molar-refractivity contribution < 1.29 is 5.11 Å². The van der Waals surface area contributed by atoms with E-state index in [2.05, 4.69) is 25.7 Å². The predicted molar refractivity (Wildman–Crippen MR) is 69.6 cm³/mol. The summed E-state index contributed by atoms with van der Waals surface area (Å²) < 4.78 is 0. The Morgan fingerprint density at radius 3 is 2.31 bits per heavy atom.